The fourth-order valence-corrected chi connectivity index (χ4v) is 3.43. The number of nitro groups is 2. The number of nitrogens with one attached hydrogen (secondary N) is 1. The fourth-order valence-electron chi connectivity index (χ4n) is 3.32. The molecule has 5 atom stereocenters. The predicted octanol–water partition coefficient (Wildman–Crippen LogP) is 1.54. The molecule has 188 valence electrons. The molecule has 1 saturated heterocycles. The molecule has 0 saturated carbocycles. The zero-order valence-corrected chi connectivity index (χ0v) is 19.4. The third kappa shape index (κ3) is 7.23. The monoisotopic (exact) mass is 512 g/mol. The third-order valence-corrected chi connectivity index (χ3v) is 4.72. The van der Waals surface area contributed by atoms with Crippen molar-refractivity contribution in [2.75, 3.05) is 11.9 Å². The van der Waals surface area contributed by atoms with Gasteiger partial charge in [-0.15, -0.1) is 0 Å². The molecule has 1 aromatic carbocycles. The highest BCUT2D eigenvalue weighted by atomic mass is 32.1. The molecule has 0 spiro atoms. The summed E-state index contributed by atoms with van der Waals surface area (Å²) in [4.78, 5) is 59.8. The molecule has 0 aromatic heterocycles. The largest absolute Gasteiger partial charge is 0.463 e. The summed E-state index contributed by atoms with van der Waals surface area (Å²) in [6.07, 6.45) is -5.22. The summed E-state index contributed by atoms with van der Waals surface area (Å²) in [7, 11) is 0. The van der Waals surface area contributed by atoms with Gasteiger partial charge in [0.1, 0.15) is 24.4 Å². The Hall–Kier alpha value is -4.01. The summed E-state index contributed by atoms with van der Waals surface area (Å²) >= 11 is 4.65. The van der Waals surface area contributed by atoms with Gasteiger partial charge in [-0.1, -0.05) is 0 Å². The Labute approximate surface area is 202 Å². The van der Waals surface area contributed by atoms with Crippen molar-refractivity contribution in [1.29, 1.82) is 0 Å². The number of benzene rings is 1. The summed E-state index contributed by atoms with van der Waals surface area (Å²) in [5, 5.41) is 27.4. The number of non-ortho nitro benzene ring substituents is 1. The van der Waals surface area contributed by atoms with E-state index in [4.69, 9.17) is 18.9 Å². The number of carbonyl (C=O) groups is 3. The number of isothiocyanates is 1. The number of ether oxygens (including phenoxy) is 4. The minimum Gasteiger partial charge on any atom is -0.463 e. The zero-order valence-electron chi connectivity index (χ0n) is 18.6. The van der Waals surface area contributed by atoms with Crippen LogP contribution in [0.4, 0.5) is 17.1 Å². The number of hydrogen-bond donors (Lipinski definition) is 1. The van der Waals surface area contributed by atoms with Gasteiger partial charge in [-0.05, 0) is 18.3 Å². The van der Waals surface area contributed by atoms with Gasteiger partial charge in [0.15, 0.2) is 18.4 Å². The Morgan fingerprint density at radius 1 is 1.09 bits per heavy atom. The molecular weight excluding hydrogens is 492 g/mol. The molecule has 1 N–H and O–H groups in total. The lowest BCUT2D eigenvalue weighted by Gasteiger charge is -2.43. The maximum Gasteiger partial charge on any atom is 0.303 e. The van der Waals surface area contributed by atoms with E-state index in [0.717, 1.165) is 39.0 Å². The number of hydrogen-bond acceptors (Lipinski definition) is 14. The van der Waals surface area contributed by atoms with Gasteiger partial charge in [0.25, 0.3) is 11.4 Å². The van der Waals surface area contributed by atoms with E-state index in [1.165, 1.54) is 0 Å². The zero-order chi connectivity index (χ0) is 26.3. The Balaban J connectivity index is 2.58. The average Bonchev–Trinajstić information content (AvgIpc) is 2.75. The van der Waals surface area contributed by atoms with Crippen LogP contribution in [0.15, 0.2) is 23.2 Å². The Morgan fingerprint density at radius 3 is 2.23 bits per heavy atom. The smallest absolute Gasteiger partial charge is 0.303 e. The van der Waals surface area contributed by atoms with Crippen molar-refractivity contribution in [3.05, 3.63) is 38.4 Å². The average molecular weight is 512 g/mol. The molecule has 0 radical (unpaired) electrons. The van der Waals surface area contributed by atoms with E-state index in [1.54, 1.807) is 0 Å². The molecule has 16 heteroatoms. The first-order valence-corrected chi connectivity index (χ1v) is 10.2. The lowest BCUT2D eigenvalue weighted by Crippen LogP contribution is -2.63. The molecule has 1 fully saturated rings. The highest BCUT2D eigenvalue weighted by Crippen LogP contribution is 2.34. The summed E-state index contributed by atoms with van der Waals surface area (Å²) in [5.74, 6) is -2.27. The van der Waals surface area contributed by atoms with E-state index in [0.29, 0.717) is 0 Å². The van der Waals surface area contributed by atoms with Gasteiger partial charge < -0.3 is 24.3 Å². The van der Waals surface area contributed by atoms with Gasteiger partial charge >= 0.3 is 17.9 Å². The molecule has 1 aliphatic heterocycles. The number of nitro benzene ring substituents is 2. The molecule has 1 heterocycles. The Bertz CT molecular complexity index is 1070. The van der Waals surface area contributed by atoms with Crippen LogP contribution in [0.1, 0.15) is 20.8 Å². The molecule has 2 rings (SSSR count). The standard InChI is InChI=1S/C19H20N4O11S/c1-9(24)31-7-15-17(32-10(2)25)18(33-11(3)26)16(19(34-15)20-8-35)21-13-5-4-12(22(27)28)6-14(13)23(29)30/h4-6,15-19,21H,7H2,1-3H3/t15-,16+,17-,18-,19-/m0/s1. The van der Waals surface area contributed by atoms with Crippen molar-refractivity contribution >= 4 is 52.3 Å². The molecule has 1 aliphatic rings. The highest BCUT2D eigenvalue weighted by Gasteiger charge is 2.51. The Morgan fingerprint density at radius 2 is 1.71 bits per heavy atom. The number of rotatable bonds is 9. The second-order valence-electron chi connectivity index (χ2n) is 7.12. The van der Waals surface area contributed by atoms with Crippen LogP contribution in [0.25, 0.3) is 0 Å². The van der Waals surface area contributed by atoms with E-state index in [1.807, 2.05) is 0 Å². The summed E-state index contributed by atoms with van der Waals surface area (Å²) in [5.41, 5.74) is -1.42. The lowest BCUT2D eigenvalue weighted by atomic mass is 9.95. The van der Waals surface area contributed by atoms with E-state index in [-0.39, 0.29) is 5.69 Å². The lowest BCUT2D eigenvalue weighted by molar-refractivity contribution is -0.393. The second-order valence-corrected chi connectivity index (χ2v) is 7.30. The molecule has 0 aliphatic carbocycles. The van der Waals surface area contributed by atoms with Crippen molar-refractivity contribution in [1.82, 2.24) is 0 Å². The van der Waals surface area contributed by atoms with E-state index in [9.17, 15) is 34.6 Å². The number of esters is 3. The van der Waals surface area contributed by atoms with Crippen LogP contribution < -0.4 is 5.32 Å². The molecule has 35 heavy (non-hydrogen) atoms. The first-order chi connectivity index (χ1) is 16.4. The molecular formula is C19H20N4O11S. The maximum atomic E-state index is 11.9. The number of aliphatic imine (C=N–C) groups is 1. The van der Waals surface area contributed by atoms with Crippen molar-refractivity contribution in [3.63, 3.8) is 0 Å². The minimum atomic E-state index is -1.38. The van der Waals surface area contributed by atoms with Crippen molar-refractivity contribution < 1.29 is 43.2 Å². The molecule has 1 aromatic rings. The maximum absolute atomic E-state index is 11.9. The van der Waals surface area contributed by atoms with Gasteiger partial charge in [0, 0.05) is 26.8 Å². The third-order valence-electron chi connectivity index (χ3n) is 4.61. The summed E-state index contributed by atoms with van der Waals surface area (Å²) in [6.45, 7) is 2.87. The predicted molar refractivity (Wildman–Crippen MR) is 119 cm³/mol. The van der Waals surface area contributed by atoms with Gasteiger partial charge in [-0.25, -0.2) is 0 Å². The van der Waals surface area contributed by atoms with Crippen LogP contribution in [0.5, 0.6) is 0 Å². The summed E-state index contributed by atoms with van der Waals surface area (Å²) < 4.78 is 21.4. The molecule has 15 nitrogen and oxygen atoms in total. The number of carbonyl (C=O) groups excluding carboxylic acids is 3. The van der Waals surface area contributed by atoms with E-state index in [2.05, 4.69) is 27.7 Å². The second kappa shape index (κ2) is 11.9. The van der Waals surface area contributed by atoms with E-state index < -0.39 is 76.3 Å². The Kier molecular flexibility index (Phi) is 9.27. The van der Waals surface area contributed by atoms with Crippen LogP contribution in [0.3, 0.4) is 0 Å². The SMILES string of the molecule is CC(=O)OC[C@@H]1O[C@H](N=C=S)[C@H](Nc2ccc([N+](=O)[O-])cc2[N+](=O)[O-])[C@H](OC(C)=O)[C@H]1OC(C)=O. The van der Waals surface area contributed by atoms with Crippen LogP contribution in [0.2, 0.25) is 0 Å². The number of nitrogens with zero attached hydrogens (tertiary/aromatic N) is 3. The highest BCUT2D eigenvalue weighted by molar-refractivity contribution is 7.78. The van der Waals surface area contributed by atoms with Gasteiger partial charge in [-0.2, -0.15) is 4.99 Å². The van der Waals surface area contributed by atoms with Crippen LogP contribution >= 0.6 is 12.2 Å². The minimum absolute atomic E-state index is 0.212. The van der Waals surface area contributed by atoms with Crippen LogP contribution in [0, 0.1) is 20.2 Å². The molecule has 0 amide bonds. The van der Waals surface area contributed by atoms with Crippen molar-refractivity contribution in [2.45, 2.75) is 51.4 Å². The van der Waals surface area contributed by atoms with Crippen molar-refractivity contribution in [3.8, 4) is 0 Å². The van der Waals surface area contributed by atoms with Gasteiger partial charge in [0.05, 0.1) is 21.1 Å². The topological polar surface area (TPSA) is 199 Å². The first kappa shape index (κ1) is 27.2. The van der Waals surface area contributed by atoms with Gasteiger partial charge in [0.2, 0.25) is 0 Å². The molecule has 0 unspecified atom stereocenters. The fraction of sp³-hybridized carbons (Fsp3) is 0.474. The van der Waals surface area contributed by atoms with Crippen LogP contribution in [-0.4, -0.2) is 70.1 Å². The quantitative estimate of drug-likeness (QED) is 0.125. The van der Waals surface area contributed by atoms with Crippen LogP contribution in [-0.2, 0) is 33.3 Å². The normalized spacial score (nSPS) is 23.2. The van der Waals surface area contributed by atoms with Crippen molar-refractivity contribution in [2.24, 2.45) is 4.99 Å². The molecule has 0 bridgehead atoms. The van der Waals surface area contributed by atoms with E-state index >= 15 is 0 Å². The van der Waals surface area contributed by atoms with Gasteiger partial charge in [-0.3, -0.25) is 34.6 Å². The first-order valence-electron chi connectivity index (χ1n) is 9.84. The summed E-state index contributed by atoms with van der Waals surface area (Å²) in [6, 6.07) is 1.57. The number of thiocarbonyl (C=S) groups is 1. The number of anilines is 1.